The highest BCUT2D eigenvalue weighted by atomic mass is 35.5. The first-order valence-corrected chi connectivity index (χ1v) is 7.35. The van der Waals surface area contributed by atoms with Crippen LogP contribution in [-0.4, -0.2) is 28.8 Å². The Kier molecular flexibility index (Phi) is 3.94. The average molecular weight is 305 g/mol. The van der Waals surface area contributed by atoms with E-state index in [-0.39, 0.29) is 5.91 Å². The highest BCUT2D eigenvalue weighted by molar-refractivity contribution is 6.32. The fraction of sp³-hybridized carbons (Fsp3) is 0.333. The normalized spacial score (nSPS) is 14.2. The molecule has 0 atom stereocenters. The van der Waals surface area contributed by atoms with Crippen LogP contribution in [0.5, 0.6) is 0 Å². The maximum Gasteiger partial charge on any atom is 0.271 e. The average Bonchev–Trinajstić information content (AvgIpc) is 3.20. The van der Waals surface area contributed by atoms with Crippen molar-refractivity contribution >= 4 is 17.5 Å². The van der Waals surface area contributed by atoms with E-state index in [0.717, 1.165) is 17.8 Å². The number of nitrogens with zero attached hydrogens (tertiary/aromatic N) is 2. The summed E-state index contributed by atoms with van der Waals surface area (Å²) in [6.07, 6.45) is 4.23. The van der Waals surface area contributed by atoms with E-state index in [2.05, 4.69) is 15.7 Å². The van der Waals surface area contributed by atoms with Gasteiger partial charge in [-0.15, -0.1) is 0 Å². The lowest BCUT2D eigenvalue weighted by Crippen LogP contribution is -2.19. The Labute approximate surface area is 128 Å². The highest BCUT2D eigenvalue weighted by Crippen LogP contribution is 2.26. The molecule has 1 aliphatic carbocycles. The second-order valence-corrected chi connectivity index (χ2v) is 5.53. The summed E-state index contributed by atoms with van der Waals surface area (Å²) in [4.78, 5) is 11.6. The zero-order valence-corrected chi connectivity index (χ0v) is 12.5. The van der Waals surface area contributed by atoms with E-state index in [9.17, 15) is 4.79 Å². The largest absolute Gasteiger partial charge is 0.354 e. The summed E-state index contributed by atoms with van der Waals surface area (Å²) in [6.45, 7) is 0.746. The van der Waals surface area contributed by atoms with Crippen LogP contribution < -0.4 is 10.6 Å². The molecule has 0 spiro atoms. The van der Waals surface area contributed by atoms with Gasteiger partial charge >= 0.3 is 0 Å². The van der Waals surface area contributed by atoms with Crippen LogP contribution >= 0.6 is 11.6 Å². The van der Waals surface area contributed by atoms with Crippen LogP contribution in [0.15, 0.2) is 30.5 Å². The van der Waals surface area contributed by atoms with Crippen molar-refractivity contribution in [3.63, 3.8) is 0 Å². The van der Waals surface area contributed by atoms with E-state index in [1.165, 1.54) is 12.8 Å². The van der Waals surface area contributed by atoms with Crippen molar-refractivity contribution in [2.24, 2.45) is 0 Å². The summed E-state index contributed by atoms with van der Waals surface area (Å²) in [5, 5.41) is 11.0. The van der Waals surface area contributed by atoms with Gasteiger partial charge in [0.05, 0.1) is 10.7 Å². The monoisotopic (exact) mass is 304 g/mol. The molecule has 2 N–H and O–H groups in total. The Hall–Kier alpha value is -1.85. The van der Waals surface area contributed by atoms with Gasteiger partial charge in [0.25, 0.3) is 5.91 Å². The molecule has 0 bridgehead atoms. The summed E-state index contributed by atoms with van der Waals surface area (Å²) in [5.41, 5.74) is 2.27. The second-order valence-electron chi connectivity index (χ2n) is 5.13. The Bertz CT molecular complexity index is 663. The minimum Gasteiger partial charge on any atom is -0.354 e. The summed E-state index contributed by atoms with van der Waals surface area (Å²) in [5.74, 6) is -0.210. The van der Waals surface area contributed by atoms with Crippen LogP contribution in [0, 0.1) is 0 Å². The van der Waals surface area contributed by atoms with Crippen LogP contribution in [0.25, 0.3) is 5.69 Å². The molecule has 0 aliphatic heterocycles. The van der Waals surface area contributed by atoms with Gasteiger partial charge in [0, 0.05) is 25.8 Å². The zero-order chi connectivity index (χ0) is 14.8. The molecule has 0 radical (unpaired) electrons. The predicted molar refractivity (Wildman–Crippen MR) is 81.8 cm³/mol. The quantitative estimate of drug-likeness (QED) is 0.890. The standard InChI is InChI=1S/C15H17ClN4O/c1-17-15(21)13-7-8-20(19-13)14-10(3-2-4-12(14)16)9-18-11-5-6-11/h2-4,7-8,11,18H,5-6,9H2,1H3,(H,17,21). The number of nitrogens with one attached hydrogen (secondary N) is 2. The first-order valence-electron chi connectivity index (χ1n) is 6.98. The zero-order valence-electron chi connectivity index (χ0n) is 11.8. The number of carbonyl (C=O) groups is 1. The van der Waals surface area contributed by atoms with Gasteiger partial charge in [0.2, 0.25) is 0 Å². The van der Waals surface area contributed by atoms with Crippen molar-refractivity contribution in [1.82, 2.24) is 20.4 Å². The van der Waals surface area contributed by atoms with E-state index in [4.69, 9.17) is 11.6 Å². The molecule has 1 aliphatic rings. The minimum absolute atomic E-state index is 0.210. The number of hydrogen-bond acceptors (Lipinski definition) is 3. The molecule has 1 saturated carbocycles. The maximum atomic E-state index is 11.6. The van der Waals surface area contributed by atoms with Gasteiger partial charge in [-0.05, 0) is 30.5 Å². The van der Waals surface area contributed by atoms with Crippen molar-refractivity contribution in [3.05, 3.63) is 46.7 Å². The summed E-state index contributed by atoms with van der Waals surface area (Å²) in [6, 6.07) is 8.09. The van der Waals surface area contributed by atoms with Crippen LogP contribution in [0.3, 0.4) is 0 Å². The topological polar surface area (TPSA) is 59.0 Å². The van der Waals surface area contributed by atoms with Gasteiger partial charge in [0.15, 0.2) is 5.69 Å². The third kappa shape index (κ3) is 3.09. The molecule has 1 heterocycles. The Morgan fingerprint density at radius 3 is 2.95 bits per heavy atom. The fourth-order valence-corrected chi connectivity index (χ4v) is 2.48. The molecular weight excluding hydrogens is 288 g/mol. The molecule has 1 fully saturated rings. The molecule has 5 nitrogen and oxygen atoms in total. The smallest absolute Gasteiger partial charge is 0.271 e. The lowest BCUT2D eigenvalue weighted by atomic mass is 10.1. The number of amides is 1. The third-order valence-corrected chi connectivity index (χ3v) is 3.81. The van der Waals surface area contributed by atoms with E-state index in [1.54, 1.807) is 24.0 Å². The number of benzene rings is 1. The van der Waals surface area contributed by atoms with Crippen molar-refractivity contribution in [2.75, 3.05) is 7.05 Å². The van der Waals surface area contributed by atoms with E-state index in [0.29, 0.717) is 16.8 Å². The Balaban J connectivity index is 1.91. The number of hydrogen-bond donors (Lipinski definition) is 2. The van der Waals surface area contributed by atoms with E-state index >= 15 is 0 Å². The first kappa shape index (κ1) is 14.1. The van der Waals surface area contributed by atoms with E-state index < -0.39 is 0 Å². The van der Waals surface area contributed by atoms with Gasteiger partial charge in [-0.25, -0.2) is 4.68 Å². The predicted octanol–water partition coefficient (Wildman–Crippen LogP) is 2.14. The summed E-state index contributed by atoms with van der Waals surface area (Å²) in [7, 11) is 1.59. The van der Waals surface area contributed by atoms with Crippen molar-refractivity contribution < 1.29 is 4.79 Å². The number of para-hydroxylation sites is 1. The van der Waals surface area contributed by atoms with Crippen LogP contribution in [-0.2, 0) is 6.54 Å². The molecule has 1 aromatic carbocycles. The molecule has 3 rings (SSSR count). The molecule has 110 valence electrons. The van der Waals surface area contributed by atoms with Crippen molar-refractivity contribution in [3.8, 4) is 5.69 Å². The lowest BCUT2D eigenvalue weighted by molar-refractivity contribution is 0.0957. The SMILES string of the molecule is CNC(=O)c1ccn(-c2c(Cl)cccc2CNC2CC2)n1. The molecule has 6 heteroatoms. The van der Waals surface area contributed by atoms with Gasteiger partial charge in [0.1, 0.15) is 0 Å². The number of rotatable bonds is 5. The van der Waals surface area contributed by atoms with Gasteiger partial charge in [-0.3, -0.25) is 4.79 Å². The maximum absolute atomic E-state index is 11.6. The summed E-state index contributed by atoms with van der Waals surface area (Å²) >= 11 is 6.33. The second kappa shape index (κ2) is 5.87. The molecule has 0 saturated heterocycles. The number of halogens is 1. The van der Waals surface area contributed by atoms with Gasteiger partial charge in [-0.2, -0.15) is 5.10 Å². The third-order valence-electron chi connectivity index (χ3n) is 3.51. The van der Waals surface area contributed by atoms with Gasteiger partial charge in [-0.1, -0.05) is 23.7 Å². The molecular formula is C15H17ClN4O. The fourth-order valence-electron chi connectivity index (χ4n) is 2.20. The van der Waals surface area contributed by atoms with Crippen LogP contribution in [0.2, 0.25) is 5.02 Å². The van der Waals surface area contributed by atoms with Crippen LogP contribution in [0.1, 0.15) is 28.9 Å². The Morgan fingerprint density at radius 2 is 2.24 bits per heavy atom. The molecule has 2 aromatic rings. The van der Waals surface area contributed by atoms with E-state index in [1.807, 2.05) is 18.2 Å². The van der Waals surface area contributed by atoms with Crippen molar-refractivity contribution in [1.29, 1.82) is 0 Å². The Morgan fingerprint density at radius 1 is 1.43 bits per heavy atom. The summed E-state index contributed by atoms with van der Waals surface area (Å²) < 4.78 is 1.66. The van der Waals surface area contributed by atoms with Gasteiger partial charge < -0.3 is 10.6 Å². The van der Waals surface area contributed by atoms with Crippen molar-refractivity contribution in [2.45, 2.75) is 25.4 Å². The molecule has 21 heavy (non-hydrogen) atoms. The first-order chi connectivity index (χ1) is 10.2. The van der Waals surface area contributed by atoms with Crippen LogP contribution in [0.4, 0.5) is 0 Å². The molecule has 0 unspecified atom stereocenters. The number of carbonyl (C=O) groups excluding carboxylic acids is 1. The number of aromatic nitrogens is 2. The highest BCUT2D eigenvalue weighted by Gasteiger charge is 2.21. The minimum atomic E-state index is -0.210. The molecule has 1 amide bonds. The molecule has 1 aromatic heterocycles. The lowest BCUT2D eigenvalue weighted by Gasteiger charge is -2.12.